The number of rotatable bonds is 5. The molecular weight excluding hydrogens is 440 g/mol. The molecule has 4 heteroatoms. The van der Waals surface area contributed by atoms with Crippen molar-refractivity contribution in [2.45, 2.75) is 6.92 Å². The van der Waals surface area contributed by atoms with Gasteiger partial charge in [-0.05, 0) is 68.9 Å². The first-order valence-electron chi connectivity index (χ1n) is 11.9. The highest BCUT2D eigenvalue weighted by Crippen LogP contribution is 2.42. The standard InChI is InChI=1S/C32H24N4/c1-3-23(21-30-22(2)34-36(35-30)25-17-19-33-20-18-25)31-26-13-7-9-15-28(26)32(24-11-5-4-6-12-24)29-16-10-8-14-27(29)31/h3-21H,1H2,2H3/b23-21+. The Bertz CT molecular complexity index is 1690. The molecule has 4 aromatic carbocycles. The minimum Gasteiger partial charge on any atom is -0.265 e. The first kappa shape index (κ1) is 21.7. The van der Waals surface area contributed by atoms with E-state index >= 15 is 0 Å². The Morgan fingerprint density at radius 3 is 1.92 bits per heavy atom. The van der Waals surface area contributed by atoms with Gasteiger partial charge in [0.05, 0.1) is 11.4 Å². The Labute approximate surface area is 209 Å². The van der Waals surface area contributed by atoms with Crippen molar-refractivity contribution in [3.63, 3.8) is 0 Å². The summed E-state index contributed by atoms with van der Waals surface area (Å²) in [5.74, 6) is 0. The fraction of sp³-hybridized carbons (Fsp3) is 0.0312. The molecule has 0 amide bonds. The summed E-state index contributed by atoms with van der Waals surface area (Å²) in [6, 6.07) is 31.6. The highest BCUT2D eigenvalue weighted by atomic mass is 15.5. The van der Waals surface area contributed by atoms with Gasteiger partial charge in [0.1, 0.15) is 5.69 Å². The molecule has 0 aliphatic carbocycles. The molecule has 0 unspecified atom stereocenters. The molecule has 0 saturated heterocycles. The summed E-state index contributed by atoms with van der Waals surface area (Å²) in [6.45, 7) is 6.17. The van der Waals surface area contributed by atoms with E-state index in [2.05, 4.69) is 102 Å². The molecular formula is C32H24N4. The number of aromatic nitrogens is 4. The number of aryl methyl sites for hydroxylation is 1. The molecule has 0 spiro atoms. The maximum atomic E-state index is 4.77. The quantitative estimate of drug-likeness (QED) is 0.194. The molecule has 4 nitrogen and oxygen atoms in total. The summed E-state index contributed by atoms with van der Waals surface area (Å²) in [7, 11) is 0. The van der Waals surface area contributed by atoms with Gasteiger partial charge in [-0.1, -0.05) is 91.5 Å². The average molecular weight is 465 g/mol. The van der Waals surface area contributed by atoms with Crippen LogP contribution in [0.3, 0.4) is 0 Å². The van der Waals surface area contributed by atoms with Crippen LogP contribution >= 0.6 is 0 Å². The van der Waals surface area contributed by atoms with Crippen molar-refractivity contribution in [2.75, 3.05) is 0 Å². The summed E-state index contributed by atoms with van der Waals surface area (Å²) >= 11 is 0. The van der Waals surface area contributed by atoms with Gasteiger partial charge in [-0.25, -0.2) is 0 Å². The predicted molar refractivity (Wildman–Crippen MR) is 149 cm³/mol. The molecule has 0 saturated carbocycles. The average Bonchev–Trinajstić information content (AvgIpc) is 3.31. The third-order valence-electron chi connectivity index (χ3n) is 6.51. The Hall–Kier alpha value is -4.83. The van der Waals surface area contributed by atoms with Crippen LogP contribution < -0.4 is 0 Å². The molecule has 0 bridgehead atoms. The third-order valence-corrected chi connectivity index (χ3v) is 6.51. The highest BCUT2D eigenvalue weighted by molar-refractivity contribution is 6.20. The maximum absolute atomic E-state index is 4.77. The minimum absolute atomic E-state index is 0.807. The maximum Gasteiger partial charge on any atom is 0.109 e. The van der Waals surface area contributed by atoms with E-state index < -0.39 is 0 Å². The SMILES string of the molecule is C=C/C(=C\c1nn(-c2ccncc2)nc1C)c1c2ccccc2c(-c2ccccc2)c2ccccc12. The summed E-state index contributed by atoms with van der Waals surface area (Å²) in [4.78, 5) is 5.75. The van der Waals surface area contributed by atoms with Crippen molar-refractivity contribution in [3.8, 4) is 16.8 Å². The second kappa shape index (κ2) is 9.08. The van der Waals surface area contributed by atoms with Crippen LogP contribution in [0.2, 0.25) is 0 Å². The summed E-state index contributed by atoms with van der Waals surface area (Å²) in [5.41, 5.74) is 7.13. The van der Waals surface area contributed by atoms with Crippen LogP contribution in [0.5, 0.6) is 0 Å². The van der Waals surface area contributed by atoms with Crippen molar-refractivity contribution in [1.29, 1.82) is 0 Å². The number of hydrogen-bond donors (Lipinski definition) is 0. The summed E-state index contributed by atoms with van der Waals surface area (Å²) < 4.78 is 0. The van der Waals surface area contributed by atoms with Crippen LogP contribution in [-0.2, 0) is 0 Å². The van der Waals surface area contributed by atoms with Gasteiger partial charge in [-0.3, -0.25) is 4.98 Å². The van der Waals surface area contributed by atoms with E-state index in [4.69, 9.17) is 5.10 Å². The summed E-state index contributed by atoms with van der Waals surface area (Å²) in [5, 5.41) is 14.2. The Morgan fingerprint density at radius 1 is 0.722 bits per heavy atom. The number of allylic oxidation sites excluding steroid dienone is 2. The lowest BCUT2D eigenvalue weighted by Crippen LogP contribution is -1.98. The molecule has 0 radical (unpaired) electrons. The highest BCUT2D eigenvalue weighted by Gasteiger charge is 2.17. The number of pyridine rings is 1. The van der Waals surface area contributed by atoms with Gasteiger partial charge in [0, 0.05) is 12.4 Å². The first-order chi connectivity index (χ1) is 17.7. The van der Waals surface area contributed by atoms with E-state index in [1.807, 2.05) is 25.1 Å². The van der Waals surface area contributed by atoms with Crippen molar-refractivity contribution in [1.82, 2.24) is 20.0 Å². The van der Waals surface area contributed by atoms with Crippen molar-refractivity contribution in [3.05, 3.63) is 133 Å². The monoisotopic (exact) mass is 464 g/mol. The van der Waals surface area contributed by atoms with Crippen molar-refractivity contribution >= 4 is 33.2 Å². The normalized spacial score (nSPS) is 11.8. The molecule has 2 aromatic heterocycles. The number of fused-ring (bicyclic) bond motifs is 2. The van der Waals surface area contributed by atoms with E-state index in [9.17, 15) is 0 Å². The fourth-order valence-corrected chi connectivity index (χ4v) is 4.85. The van der Waals surface area contributed by atoms with E-state index in [0.717, 1.165) is 28.2 Å². The molecule has 2 heterocycles. The van der Waals surface area contributed by atoms with Gasteiger partial charge in [-0.2, -0.15) is 9.90 Å². The number of benzene rings is 4. The van der Waals surface area contributed by atoms with Crippen LogP contribution in [0, 0.1) is 6.92 Å². The smallest absolute Gasteiger partial charge is 0.109 e. The second-order valence-corrected chi connectivity index (χ2v) is 8.68. The zero-order valence-corrected chi connectivity index (χ0v) is 20.0. The molecule has 0 aliphatic rings. The van der Waals surface area contributed by atoms with E-state index in [0.29, 0.717) is 0 Å². The molecule has 0 fully saturated rings. The van der Waals surface area contributed by atoms with Crippen molar-refractivity contribution in [2.24, 2.45) is 0 Å². The predicted octanol–water partition coefficient (Wildman–Crippen LogP) is 7.67. The number of nitrogens with zero attached hydrogens (tertiary/aromatic N) is 4. The van der Waals surface area contributed by atoms with Gasteiger partial charge >= 0.3 is 0 Å². The molecule has 0 N–H and O–H groups in total. The van der Waals surface area contributed by atoms with Crippen LogP contribution in [0.15, 0.2) is 116 Å². The summed E-state index contributed by atoms with van der Waals surface area (Å²) in [6.07, 6.45) is 7.49. The molecule has 6 aromatic rings. The first-order valence-corrected chi connectivity index (χ1v) is 11.9. The second-order valence-electron chi connectivity index (χ2n) is 8.68. The van der Waals surface area contributed by atoms with E-state index in [1.165, 1.54) is 32.7 Å². The minimum atomic E-state index is 0.807. The Balaban J connectivity index is 1.63. The molecule has 172 valence electrons. The van der Waals surface area contributed by atoms with Crippen LogP contribution in [0.4, 0.5) is 0 Å². The van der Waals surface area contributed by atoms with Gasteiger partial charge in [-0.15, -0.1) is 5.10 Å². The Morgan fingerprint density at radius 2 is 1.31 bits per heavy atom. The van der Waals surface area contributed by atoms with Gasteiger partial charge in [0.25, 0.3) is 0 Å². The van der Waals surface area contributed by atoms with Gasteiger partial charge < -0.3 is 0 Å². The van der Waals surface area contributed by atoms with E-state index in [-0.39, 0.29) is 0 Å². The zero-order valence-electron chi connectivity index (χ0n) is 20.0. The van der Waals surface area contributed by atoms with Gasteiger partial charge in [0.2, 0.25) is 0 Å². The van der Waals surface area contributed by atoms with Crippen molar-refractivity contribution < 1.29 is 0 Å². The van der Waals surface area contributed by atoms with E-state index in [1.54, 1.807) is 17.2 Å². The zero-order chi connectivity index (χ0) is 24.5. The molecule has 0 atom stereocenters. The molecule has 0 aliphatic heterocycles. The molecule has 6 rings (SSSR count). The topological polar surface area (TPSA) is 43.6 Å². The lowest BCUT2D eigenvalue weighted by molar-refractivity contribution is 0.743. The molecule has 36 heavy (non-hydrogen) atoms. The largest absolute Gasteiger partial charge is 0.265 e. The third kappa shape index (κ3) is 3.69. The van der Waals surface area contributed by atoms with Gasteiger partial charge in [0.15, 0.2) is 0 Å². The Kier molecular flexibility index (Phi) is 5.47. The van der Waals surface area contributed by atoms with Crippen LogP contribution in [0.25, 0.3) is 50.0 Å². The fourth-order valence-electron chi connectivity index (χ4n) is 4.85. The lowest BCUT2D eigenvalue weighted by Gasteiger charge is -2.18. The van der Waals surface area contributed by atoms with Crippen LogP contribution in [0.1, 0.15) is 17.0 Å². The number of hydrogen-bond acceptors (Lipinski definition) is 3. The van der Waals surface area contributed by atoms with Crippen LogP contribution in [-0.4, -0.2) is 20.0 Å². The lowest BCUT2D eigenvalue weighted by atomic mass is 9.85.